The number of phenols is 6. The van der Waals surface area contributed by atoms with E-state index in [9.17, 15) is 30.6 Å². The van der Waals surface area contributed by atoms with Crippen LogP contribution >= 0.6 is 0 Å². The van der Waals surface area contributed by atoms with Crippen LogP contribution < -0.4 is 0 Å². The fourth-order valence-corrected chi connectivity index (χ4v) is 3.78. The maximum atomic E-state index is 10.4. The van der Waals surface area contributed by atoms with Crippen molar-refractivity contribution in [1.82, 2.24) is 0 Å². The fraction of sp³-hybridized carbons (Fsp3) is 0.250. The normalized spacial score (nSPS) is 12.2. The van der Waals surface area contributed by atoms with E-state index in [1.165, 1.54) is 18.2 Å². The molecule has 158 valence electrons. The number of hydrogen-bond acceptors (Lipinski definition) is 6. The molecule has 6 N–H and O–H groups in total. The Labute approximate surface area is 175 Å². The van der Waals surface area contributed by atoms with Gasteiger partial charge in [-0.3, -0.25) is 0 Å². The van der Waals surface area contributed by atoms with Crippen LogP contribution in [0.1, 0.15) is 42.4 Å². The summed E-state index contributed by atoms with van der Waals surface area (Å²) in [6.45, 7) is 2.01. The van der Waals surface area contributed by atoms with Crippen molar-refractivity contribution in [3.8, 4) is 34.5 Å². The third kappa shape index (κ3) is 4.38. The van der Waals surface area contributed by atoms with Crippen LogP contribution in [0.15, 0.2) is 54.6 Å². The van der Waals surface area contributed by atoms with Gasteiger partial charge in [0.1, 0.15) is 0 Å². The van der Waals surface area contributed by atoms with E-state index in [1.54, 1.807) is 36.4 Å². The molecule has 0 fully saturated rings. The van der Waals surface area contributed by atoms with E-state index in [1.807, 2.05) is 6.92 Å². The van der Waals surface area contributed by atoms with E-state index < -0.39 is 5.92 Å². The third-order valence-corrected chi connectivity index (χ3v) is 5.49. The maximum Gasteiger partial charge on any atom is 0.161 e. The maximum absolute atomic E-state index is 10.4. The lowest BCUT2D eigenvalue weighted by atomic mass is 9.81. The molecule has 0 saturated heterocycles. The lowest BCUT2D eigenvalue weighted by Crippen LogP contribution is -2.09. The van der Waals surface area contributed by atoms with Gasteiger partial charge < -0.3 is 30.6 Å². The molecule has 0 heterocycles. The molecule has 0 spiro atoms. The van der Waals surface area contributed by atoms with E-state index in [0.717, 1.165) is 0 Å². The summed E-state index contributed by atoms with van der Waals surface area (Å²) in [6, 6.07) is 14.2. The molecule has 0 aliphatic carbocycles. The predicted molar refractivity (Wildman–Crippen MR) is 113 cm³/mol. The first-order chi connectivity index (χ1) is 14.3. The zero-order chi connectivity index (χ0) is 21.8. The zero-order valence-electron chi connectivity index (χ0n) is 16.7. The Bertz CT molecular complexity index is 979. The van der Waals surface area contributed by atoms with Crippen molar-refractivity contribution in [3.63, 3.8) is 0 Å². The van der Waals surface area contributed by atoms with Crippen molar-refractivity contribution in [2.24, 2.45) is 5.92 Å². The van der Waals surface area contributed by atoms with Crippen LogP contribution in [0, 0.1) is 5.92 Å². The number of phenolic OH excluding ortho intramolecular Hbond substituents is 6. The van der Waals surface area contributed by atoms with Crippen LogP contribution in [-0.2, 0) is 6.42 Å². The molecule has 3 aromatic carbocycles. The van der Waals surface area contributed by atoms with Crippen molar-refractivity contribution in [2.75, 3.05) is 0 Å². The van der Waals surface area contributed by atoms with E-state index in [-0.39, 0.29) is 40.4 Å². The lowest BCUT2D eigenvalue weighted by molar-refractivity contribution is 0.378. The molecular formula is C24H26O6. The molecule has 6 nitrogen and oxygen atoms in total. The Hall–Kier alpha value is -3.54. The largest absolute Gasteiger partial charge is 0.504 e. The van der Waals surface area contributed by atoms with Crippen molar-refractivity contribution in [3.05, 3.63) is 71.3 Å². The van der Waals surface area contributed by atoms with Gasteiger partial charge >= 0.3 is 0 Å². The number of aryl methyl sites for hydroxylation is 1. The third-order valence-electron chi connectivity index (χ3n) is 5.49. The summed E-state index contributed by atoms with van der Waals surface area (Å²) < 4.78 is 0. The van der Waals surface area contributed by atoms with Gasteiger partial charge in [-0.05, 0) is 48.9 Å². The highest BCUT2D eigenvalue weighted by Gasteiger charge is 2.25. The molecule has 30 heavy (non-hydrogen) atoms. The van der Waals surface area contributed by atoms with Crippen LogP contribution in [0.5, 0.6) is 34.5 Å². The molecule has 0 aliphatic heterocycles. The van der Waals surface area contributed by atoms with Crippen LogP contribution in [-0.4, -0.2) is 30.6 Å². The van der Waals surface area contributed by atoms with E-state index in [4.69, 9.17) is 0 Å². The van der Waals surface area contributed by atoms with Crippen molar-refractivity contribution in [2.45, 2.75) is 32.1 Å². The Morgan fingerprint density at radius 1 is 0.633 bits per heavy atom. The molecule has 1 atom stereocenters. The van der Waals surface area contributed by atoms with Gasteiger partial charge in [0.25, 0.3) is 0 Å². The van der Waals surface area contributed by atoms with Gasteiger partial charge in [0, 0.05) is 17.0 Å². The molecular weight excluding hydrogens is 384 g/mol. The molecule has 0 saturated carbocycles. The Balaban J connectivity index is 1.88. The second kappa shape index (κ2) is 8.86. The van der Waals surface area contributed by atoms with Crippen LogP contribution in [0.4, 0.5) is 0 Å². The van der Waals surface area contributed by atoms with Gasteiger partial charge in [0.2, 0.25) is 0 Å². The van der Waals surface area contributed by atoms with Gasteiger partial charge in [0.15, 0.2) is 34.5 Å². The minimum absolute atomic E-state index is 0.0836. The van der Waals surface area contributed by atoms with Crippen molar-refractivity contribution < 1.29 is 30.6 Å². The van der Waals surface area contributed by atoms with Crippen LogP contribution in [0.2, 0.25) is 0 Å². The molecule has 0 radical (unpaired) electrons. The molecule has 0 amide bonds. The summed E-state index contributed by atoms with van der Waals surface area (Å²) in [4.78, 5) is 0. The lowest BCUT2D eigenvalue weighted by Gasteiger charge is -2.24. The number of hydrogen-bond donors (Lipinski definition) is 6. The Kier molecular flexibility index (Phi) is 6.26. The minimum atomic E-state index is -0.475. The first-order valence-electron chi connectivity index (χ1n) is 9.81. The number of para-hydroxylation sites is 3. The number of rotatable bonds is 7. The number of aromatic hydroxyl groups is 6. The van der Waals surface area contributed by atoms with Gasteiger partial charge in [-0.1, -0.05) is 43.3 Å². The fourth-order valence-electron chi connectivity index (χ4n) is 3.78. The van der Waals surface area contributed by atoms with Gasteiger partial charge in [-0.15, -0.1) is 0 Å². The number of benzene rings is 3. The monoisotopic (exact) mass is 410 g/mol. The summed E-state index contributed by atoms with van der Waals surface area (Å²) in [5.74, 6) is -1.71. The van der Waals surface area contributed by atoms with E-state index in [2.05, 4.69) is 0 Å². The van der Waals surface area contributed by atoms with Gasteiger partial charge in [-0.25, -0.2) is 0 Å². The second-order valence-corrected chi connectivity index (χ2v) is 7.65. The Morgan fingerprint density at radius 3 is 1.63 bits per heavy atom. The smallest absolute Gasteiger partial charge is 0.161 e. The highest BCUT2D eigenvalue weighted by atomic mass is 16.3. The van der Waals surface area contributed by atoms with Crippen molar-refractivity contribution >= 4 is 0 Å². The second-order valence-electron chi connectivity index (χ2n) is 7.65. The standard InChI is InChI=1S/C24H26O6/c1-14(11-12-15-5-2-8-19(25)22(15)28)13-18(16-6-3-9-20(26)23(16)29)17-7-4-10-21(27)24(17)30/h2-10,14,18,25-30H,11-13H2,1H3. The zero-order valence-corrected chi connectivity index (χ0v) is 16.7. The van der Waals surface area contributed by atoms with Crippen LogP contribution in [0.25, 0.3) is 0 Å². The molecule has 6 heteroatoms. The van der Waals surface area contributed by atoms with E-state index >= 15 is 0 Å². The average molecular weight is 410 g/mol. The molecule has 0 aliphatic rings. The molecule has 3 aromatic rings. The average Bonchev–Trinajstić information content (AvgIpc) is 2.72. The first-order valence-corrected chi connectivity index (χ1v) is 9.81. The highest BCUT2D eigenvalue weighted by molar-refractivity contribution is 5.54. The molecule has 0 aromatic heterocycles. The topological polar surface area (TPSA) is 121 Å². The molecule has 0 bridgehead atoms. The molecule has 1 unspecified atom stereocenters. The minimum Gasteiger partial charge on any atom is -0.504 e. The summed E-state index contributed by atoms with van der Waals surface area (Å²) in [7, 11) is 0. The molecule has 3 rings (SSSR count). The van der Waals surface area contributed by atoms with E-state index in [0.29, 0.717) is 36.0 Å². The highest BCUT2D eigenvalue weighted by Crippen LogP contribution is 2.45. The first kappa shape index (κ1) is 21.2. The van der Waals surface area contributed by atoms with Crippen molar-refractivity contribution in [1.29, 1.82) is 0 Å². The summed E-state index contributed by atoms with van der Waals surface area (Å²) in [5.41, 5.74) is 1.53. The summed E-state index contributed by atoms with van der Waals surface area (Å²) in [6.07, 6.45) is 1.71. The summed E-state index contributed by atoms with van der Waals surface area (Å²) >= 11 is 0. The summed E-state index contributed by atoms with van der Waals surface area (Å²) in [5, 5.41) is 60.4. The Morgan fingerprint density at radius 2 is 1.10 bits per heavy atom. The quantitative estimate of drug-likeness (QED) is 0.314. The van der Waals surface area contributed by atoms with Gasteiger partial charge in [0.05, 0.1) is 0 Å². The predicted octanol–water partition coefficient (Wildman–Crippen LogP) is 4.71. The van der Waals surface area contributed by atoms with Gasteiger partial charge in [-0.2, -0.15) is 0 Å². The van der Waals surface area contributed by atoms with Crippen LogP contribution in [0.3, 0.4) is 0 Å². The SMILES string of the molecule is CC(CCc1cccc(O)c1O)CC(c1cccc(O)c1O)c1cccc(O)c1O.